The Hall–Kier alpha value is -2.19. The maximum absolute atomic E-state index is 11.4. The Labute approximate surface area is 235 Å². The van der Waals surface area contributed by atoms with Crippen molar-refractivity contribution < 1.29 is 15.3 Å². The lowest BCUT2D eigenvalue weighted by molar-refractivity contribution is 0.00970. The highest BCUT2D eigenvalue weighted by Gasteiger charge is 2.34. The second-order valence-corrected chi connectivity index (χ2v) is 11.7. The number of aliphatic hydroxyl groups is 3. The number of hydrogen-bond donors (Lipinski definition) is 3. The summed E-state index contributed by atoms with van der Waals surface area (Å²) in [4.78, 5) is 8.98. The molecule has 1 aromatic heterocycles. The third-order valence-electron chi connectivity index (χ3n) is 7.21. The minimum Gasteiger partial charge on any atom is -0.396 e. The number of rotatable bonds is 9. The monoisotopic (exact) mass is 557 g/mol. The Bertz CT molecular complexity index is 1210. The van der Waals surface area contributed by atoms with Gasteiger partial charge in [-0.05, 0) is 75.1 Å². The number of anilines is 1. The van der Waals surface area contributed by atoms with Crippen LogP contribution in [-0.2, 0) is 17.6 Å². The molecule has 0 aliphatic carbocycles. The van der Waals surface area contributed by atoms with E-state index in [4.69, 9.17) is 23.2 Å². The number of aliphatic hydroxyl groups excluding tert-OH is 1. The lowest BCUT2D eigenvalue weighted by Gasteiger charge is -2.45. The molecule has 8 heteroatoms. The molecule has 4 rings (SSSR count). The van der Waals surface area contributed by atoms with Crippen LogP contribution >= 0.6 is 23.2 Å². The summed E-state index contributed by atoms with van der Waals surface area (Å²) in [6.07, 6.45) is 3.14. The van der Waals surface area contributed by atoms with E-state index in [1.165, 1.54) is 0 Å². The van der Waals surface area contributed by atoms with Gasteiger partial charge in [-0.2, -0.15) is 0 Å². The van der Waals surface area contributed by atoms with Crippen molar-refractivity contribution in [2.24, 2.45) is 0 Å². The Kier molecular flexibility index (Phi) is 9.03. The van der Waals surface area contributed by atoms with Crippen LogP contribution in [0.3, 0.4) is 0 Å². The van der Waals surface area contributed by atoms with Crippen molar-refractivity contribution in [3.63, 3.8) is 0 Å². The molecule has 3 N–H and O–H groups in total. The summed E-state index contributed by atoms with van der Waals surface area (Å²) in [5, 5.41) is 32.2. The molecular formula is C30H37Cl2N3O3. The van der Waals surface area contributed by atoms with Crippen molar-refractivity contribution in [1.82, 2.24) is 9.88 Å². The van der Waals surface area contributed by atoms with Crippen molar-refractivity contribution in [1.29, 1.82) is 0 Å². The van der Waals surface area contributed by atoms with Gasteiger partial charge in [0.05, 0.1) is 22.4 Å². The topological polar surface area (TPSA) is 80.1 Å². The maximum atomic E-state index is 11.4. The number of halogens is 2. The lowest BCUT2D eigenvalue weighted by atomic mass is 9.94. The molecule has 2 atom stereocenters. The fraction of sp³-hybridized carbons (Fsp3) is 0.433. The molecule has 3 aromatic rings. The summed E-state index contributed by atoms with van der Waals surface area (Å²) in [5.74, 6) is 0. The first-order valence-corrected chi connectivity index (χ1v) is 13.8. The quantitative estimate of drug-likeness (QED) is 0.330. The molecule has 0 amide bonds. The van der Waals surface area contributed by atoms with Gasteiger partial charge in [-0.15, -0.1) is 0 Å². The van der Waals surface area contributed by atoms with Crippen molar-refractivity contribution >= 4 is 28.9 Å². The first-order chi connectivity index (χ1) is 18.0. The third-order valence-corrected chi connectivity index (χ3v) is 7.76. The number of aromatic nitrogens is 1. The molecule has 1 aliphatic heterocycles. The number of aryl methyl sites for hydroxylation is 1. The molecule has 2 heterocycles. The molecular weight excluding hydrogens is 521 g/mol. The first-order valence-electron chi connectivity index (χ1n) is 13.0. The van der Waals surface area contributed by atoms with Gasteiger partial charge < -0.3 is 20.2 Å². The number of hydrogen-bond acceptors (Lipinski definition) is 6. The van der Waals surface area contributed by atoms with Crippen LogP contribution < -0.4 is 4.90 Å². The number of nitrogens with zero attached hydrogens (tertiary/aromatic N) is 3. The SMILES string of the molecule is CC(C)(O)c1ccc([C@](C)(O)CN2CCN(c3ccc(CCCO)cc3Cl)[C@H](c3ccc(Cl)cc3)C2)cn1. The van der Waals surface area contributed by atoms with E-state index in [9.17, 15) is 15.3 Å². The molecule has 0 saturated carbocycles. The Balaban J connectivity index is 1.57. The highest BCUT2D eigenvalue weighted by atomic mass is 35.5. The summed E-state index contributed by atoms with van der Waals surface area (Å²) < 4.78 is 0. The number of β-amino-alcohol motifs (C(OH)–C–C–N with tert-alkyl or cyclic N) is 1. The van der Waals surface area contributed by atoms with Crippen molar-refractivity contribution in [3.8, 4) is 0 Å². The normalized spacial score (nSPS) is 18.4. The molecule has 1 aliphatic rings. The van der Waals surface area contributed by atoms with Gasteiger partial charge in [0.15, 0.2) is 0 Å². The van der Waals surface area contributed by atoms with E-state index >= 15 is 0 Å². The van der Waals surface area contributed by atoms with Crippen molar-refractivity contribution in [2.75, 3.05) is 37.7 Å². The van der Waals surface area contributed by atoms with E-state index in [-0.39, 0.29) is 12.6 Å². The van der Waals surface area contributed by atoms with Crippen LogP contribution in [0.25, 0.3) is 0 Å². The fourth-order valence-corrected chi connectivity index (χ4v) is 5.50. The van der Waals surface area contributed by atoms with Crippen molar-refractivity contribution in [3.05, 3.63) is 93.2 Å². The Morgan fingerprint density at radius 2 is 1.71 bits per heavy atom. The largest absolute Gasteiger partial charge is 0.396 e. The minimum absolute atomic E-state index is 0.00768. The molecule has 0 radical (unpaired) electrons. The minimum atomic E-state index is -1.12. The fourth-order valence-electron chi connectivity index (χ4n) is 5.06. The Morgan fingerprint density at radius 1 is 0.974 bits per heavy atom. The van der Waals surface area contributed by atoms with Crippen LogP contribution in [0.5, 0.6) is 0 Å². The van der Waals surface area contributed by atoms with E-state index in [0.717, 1.165) is 36.3 Å². The first kappa shape index (κ1) is 28.8. The van der Waals surface area contributed by atoms with Gasteiger partial charge in [-0.25, -0.2) is 0 Å². The summed E-state index contributed by atoms with van der Waals surface area (Å²) in [7, 11) is 0. The van der Waals surface area contributed by atoms with Gasteiger partial charge in [0.1, 0.15) is 11.2 Å². The summed E-state index contributed by atoms with van der Waals surface area (Å²) >= 11 is 13.0. The average Bonchev–Trinajstić information content (AvgIpc) is 2.87. The molecule has 2 aromatic carbocycles. The van der Waals surface area contributed by atoms with Crippen LogP contribution in [-0.4, -0.2) is 58.0 Å². The van der Waals surface area contributed by atoms with Gasteiger partial charge in [0.25, 0.3) is 0 Å². The van der Waals surface area contributed by atoms with Gasteiger partial charge in [0, 0.05) is 49.6 Å². The van der Waals surface area contributed by atoms with Crippen LogP contribution in [0.4, 0.5) is 5.69 Å². The zero-order chi connectivity index (χ0) is 27.5. The zero-order valence-corrected chi connectivity index (χ0v) is 23.8. The predicted molar refractivity (Wildman–Crippen MR) is 154 cm³/mol. The van der Waals surface area contributed by atoms with E-state index in [2.05, 4.69) is 26.9 Å². The Morgan fingerprint density at radius 3 is 2.32 bits per heavy atom. The lowest BCUT2D eigenvalue weighted by Crippen LogP contribution is -2.52. The van der Waals surface area contributed by atoms with Gasteiger partial charge >= 0.3 is 0 Å². The molecule has 204 valence electrons. The number of benzene rings is 2. The third kappa shape index (κ3) is 6.87. The summed E-state index contributed by atoms with van der Waals surface area (Å²) in [6, 6.07) is 17.7. The maximum Gasteiger partial charge on any atom is 0.101 e. The van der Waals surface area contributed by atoms with Gasteiger partial charge in [-0.3, -0.25) is 9.88 Å². The van der Waals surface area contributed by atoms with Crippen molar-refractivity contribution in [2.45, 2.75) is 50.9 Å². The highest BCUT2D eigenvalue weighted by Crippen LogP contribution is 2.37. The van der Waals surface area contributed by atoms with E-state index in [0.29, 0.717) is 40.8 Å². The van der Waals surface area contributed by atoms with Crippen LogP contribution in [0.1, 0.15) is 55.6 Å². The number of piperazine rings is 1. The van der Waals surface area contributed by atoms with E-state index in [1.54, 1.807) is 33.0 Å². The van der Waals surface area contributed by atoms with Crippen LogP contribution in [0.2, 0.25) is 10.0 Å². The molecule has 0 bridgehead atoms. The molecule has 0 unspecified atom stereocenters. The second kappa shape index (κ2) is 11.9. The average molecular weight is 559 g/mol. The smallest absolute Gasteiger partial charge is 0.101 e. The van der Waals surface area contributed by atoms with Gasteiger partial charge in [-0.1, -0.05) is 47.5 Å². The van der Waals surface area contributed by atoms with Crippen LogP contribution in [0, 0.1) is 0 Å². The molecule has 1 saturated heterocycles. The zero-order valence-electron chi connectivity index (χ0n) is 22.2. The standard InChI is InChI=1S/C30H37Cl2N3O3/c1-29(2,37)28-13-9-23(18-33-28)30(3,38)20-34-14-15-35(27(19-34)22-7-10-24(31)11-8-22)26-12-6-21(5-4-16-36)17-25(26)32/h6-13,17-18,27,36-38H,4-5,14-16,19-20H2,1-3H3/t27-,30+/m0/s1. The second-order valence-electron chi connectivity index (χ2n) is 10.9. The molecule has 1 fully saturated rings. The van der Waals surface area contributed by atoms with Gasteiger partial charge in [0.2, 0.25) is 0 Å². The van der Waals surface area contributed by atoms with E-state index in [1.807, 2.05) is 36.4 Å². The highest BCUT2D eigenvalue weighted by molar-refractivity contribution is 6.33. The van der Waals surface area contributed by atoms with Crippen LogP contribution in [0.15, 0.2) is 60.8 Å². The molecule has 38 heavy (non-hydrogen) atoms. The molecule has 6 nitrogen and oxygen atoms in total. The molecule has 0 spiro atoms. The predicted octanol–water partition coefficient (Wildman–Crippen LogP) is 5.31. The van der Waals surface area contributed by atoms with E-state index < -0.39 is 11.2 Å². The summed E-state index contributed by atoms with van der Waals surface area (Å²) in [6.45, 7) is 7.95. The summed E-state index contributed by atoms with van der Waals surface area (Å²) in [5.41, 5.74) is 2.31. The number of pyridine rings is 1.